The van der Waals surface area contributed by atoms with Gasteiger partial charge in [-0.2, -0.15) is 5.21 Å². The second-order valence-corrected chi connectivity index (χ2v) is 4.66. The largest absolute Gasteiger partial charge is 0.395 e. The predicted octanol–water partition coefficient (Wildman–Crippen LogP) is 2.21. The topological polar surface area (TPSA) is 106 Å². The number of nitrogen functional groups attached to an aromatic ring is 1. The standard InChI is InChI=1S/C11H7Cl2N7/c12-6-2-1-5(3-7(6)13)9-8(14)10(16-4-15-9)11-17-19-20-18-11/h1-4H,14H2,(H,17,18,19,20). The van der Waals surface area contributed by atoms with Gasteiger partial charge in [-0.25, -0.2) is 9.97 Å². The van der Waals surface area contributed by atoms with Crippen LogP contribution in [0.2, 0.25) is 10.0 Å². The lowest BCUT2D eigenvalue weighted by atomic mass is 10.1. The Hall–Kier alpha value is -2.25. The molecular weight excluding hydrogens is 301 g/mol. The van der Waals surface area contributed by atoms with Gasteiger partial charge in [-0.05, 0) is 17.3 Å². The van der Waals surface area contributed by atoms with E-state index < -0.39 is 0 Å². The van der Waals surface area contributed by atoms with Crippen molar-refractivity contribution in [3.05, 3.63) is 34.6 Å². The number of benzene rings is 1. The molecule has 20 heavy (non-hydrogen) atoms. The third kappa shape index (κ3) is 2.17. The van der Waals surface area contributed by atoms with Gasteiger partial charge in [0, 0.05) is 5.56 Å². The van der Waals surface area contributed by atoms with E-state index in [1.165, 1.54) is 6.33 Å². The number of hydrogen-bond donors (Lipinski definition) is 2. The smallest absolute Gasteiger partial charge is 0.225 e. The number of nitrogens with two attached hydrogens (primary N) is 1. The van der Waals surface area contributed by atoms with Gasteiger partial charge in [0.15, 0.2) is 0 Å². The summed E-state index contributed by atoms with van der Waals surface area (Å²) < 4.78 is 0. The van der Waals surface area contributed by atoms with Crippen LogP contribution in [0, 0.1) is 0 Å². The van der Waals surface area contributed by atoms with Crippen LogP contribution < -0.4 is 5.73 Å². The summed E-state index contributed by atoms with van der Waals surface area (Å²) in [7, 11) is 0. The molecule has 9 heteroatoms. The summed E-state index contributed by atoms with van der Waals surface area (Å²) in [6, 6.07) is 5.13. The quantitative estimate of drug-likeness (QED) is 0.751. The van der Waals surface area contributed by atoms with Crippen molar-refractivity contribution in [1.82, 2.24) is 30.6 Å². The number of nitrogens with zero attached hydrogens (tertiary/aromatic N) is 5. The highest BCUT2D eigenvalue weighted by Crippen LogP contribution is 2.32. The lowest BCUT2D eigenvalue weighted by Gasteiger charge is -2.07. The first-order valence-electron chi connectivity index (χ1n) is 5.46. The highest BCUT2D eigenvalue weighted by molar-refractivity contribution is 6.42. The Balaban J connectivity index is 2.15. The summed E-state index contributed by atoms with van der Waals surface area (Å²) in [6.45, 7) is 0. The maximum absolute atomic E-state index is 6.07. The molecule has 0 aliphatic carbocycles. The van der Waals surface area contributed by atoms with Crippen LogP contribution in [0.1, 0.15) is 0 Å². The van der Waals surface area contributed by atoms with Gasteiger partial charge in [0.05, 0.1) is 21.4 Å². The van der Waals surface area contributed by atoms with Crippen molar-refractivity contribution in [3.63, 3.8) is 0 Å². The summed E-state index contributed by atoms with van der Waals surface area (Å²) >= 11 is 11.9. The van der Waals surface area contributed by atoms with Crippen LogP contribution in [-0.4, -0.2) is 30.6 Å². The molecule has 0 spiro atoms. The minimum atomic E-state index is 0.297. The monoisotopic (exact) mass is 307 g/mol. The van der Waals surface area contributed by atoms with Gasteiger partial charge in [0.1, 0.15) is 12.0 Å². The van der Waals surface area contributed by atoms with Crippen molar-refractivity contribution in [1.29, 1.82) is 0 Å². The fourth-order valence-electron chi connectivity index (χ4n) is 1.71. The molecule has 0 amide bonds. The van der Waals surface area contributed by atoms with Crippen molar-refractivity contribution < 1.29 is 0 Å². The zero-order chi connectivity index (χ0) is 14.1. The summed E-state index contributed by atoms with van der Waals surface area (Å²) in [5.74, 6) is 0.297. The van der Waals surface area contributed by atoms with Crippen LogP contribution in [-0.2, 0) is 0 Å². The number of aromatic nitrogens is 6. The van der Waals surface area contributed by atoms with Gasteiger partial charge in [0.2, 0.25) is 5.82 Å². The number of hydrogen-bond acceptors (Lipinski definition) is 6. The fraction of sp³-hybridized carbons (Fsp3) is 0. The van der Waals surface area contributed by atoms with Gasteiger partial charge in [-0.15, -0.1) is 10.2 Å². The second kappa shape index (κ2) is 5.03. The van der Waals surface area contributed by atoms with E-state index in [1.807, 2.05) is 0 Å². The SMILES string of the molecule is Nc1c(-c2ccc(Cl)c(Cl)c2)ncnc1-c1nn[nH]n1. The molecule has 3 N–H and O–H groups in total. The number of H-pyrrole nitrogens is 1. The third-order valence-electron chi connectivity index (χ3n) is 2.63. The molecule has 0 unspecified atom stereocenters. The van der Waals surface area contributed by atoms with Crippen LogP contribution in [0.5, 0.6) is 0 Å². The number of anilines is 1. The number of nitrogens with one attached hydrogen (secondary N) is 1. The first-order chi connectivity index (χ1) is 9.66. The summed E-state index contributed by atoms with van der Waals surface area (Å²) in [5.41, 5.74) is 8.06. The van der Waals surface area contributed by atoms with E-state index in [9.17, 15) is 0 Å². The lowest BCUT2D eigenvalue weighted by Crippen LogP contribution is -2.00. The van der Waals surface area contributed by atoms with Gasteiger partial charge in [0.25, 0.3) is 0 Å². The molecule has 2 heterocycles. The highest BCUT2D eigenvalue weighted by atomic mass is 35.5. The molecule has 0 radical (unpaired) electrons. The number of tetrazole rings is 1. The molecular formula is C11H7Cl2N7. The van der Waals surface area contributed by atoms with E-state index >= 15 is 0 Å². The van der Waals surface area contributed by atoms with E-state index in [1.54, 1.807) is 18.2 Å². The highest BCUT2D eigenvalue weighted by Gasteiger charge is 2.15. The average Bonchev–Trinajstić information content (AvgIpc) is 2.96. The first-order valence-corrected chi connectivity index (χ1v) is 6.22. The van der Waals surface area contributed by atoms with Crippen LogP contribution in [0.4, 0.5) is 5.69 Å². The lowest BCUT2D eigenvalue weighted by molar-refractivity contribution is 0.881. The van der Waals surface area contributed by atoms with E-state index in [-0.39, 0.29) is 0 Å². The number of aromatic amines is 1. The third-order valence-corrected chi connectivity index (χ3v) is 3.37. The zero-order valence-electron chi connectivity index (χ0n) is 9.88. The van der Waals surface area contributed by atoms with Gasteiger partial charge >= 0.3 is 0 Å². The molecule has 0 aliphatic heterocycles. The van der Waals surface area contributed by atoms with E-state index in [0.717, 1.165) is 5.56 Å². The Labute approximate surface area is 123 Å². The minimum Gasteiger partial charge on any atom is -0.395 e. The number of halogens is 2. The van der Waals surface area contributed by atoms with Crippen molar-refractivity contribution >= 4 is 28.9 Å². The summed E-state index contributed by atoms with van der Waals surface area (Å²) in [6.07, 6.45) is 1.37. The summed E-state index contributed by atoms with van der Waals surface area (Å²) in [4.78, 5) is 8.23. The van der Waals surface area contributed by atoms with E-state index in [2.05, 4.69) is 30.6 Å². The Kier molecular flexibility index (Phi) is 3.21. The van der Waals surface area contributed by atoms with E-state index in [0.29, 0.717) is 32.9 Å². The van der Waals surface area contributed by atoms with Crippen molar-refractivity contribution in [2.75, 3.05) is 5.73 Å². The van der Waals surface area contributed by atoms with Crippen LogP contribution >= 0.6 is 23.2 Å². The molecule has 0 bridgehead atoms. The van der Waals surface area contributed by atoms with E-state index in [4.69, 9.17) is 28.9 Å². The Morgan fingerprint density at radius 3 is 2.55 bits per heavy atom. The second-order valence-electron chi connectivity index (χ2n) is 3.85. The van der Waals surface area contributed by atoms with Crippen molar-refractivity contribution in [2.24, 2.45) is 0 Å². The molecule has 3 rings (SSSR count). The Morgan fingerprint density at radius 2 is 1.85 bits per heavy atom. The molecule has 0 saturated carbocycles. The normalized spacial score (nSPS) is 10.7. The Bertz CT molecular complexity index is 757. The van der Waals surface area contributed by atoms with Crippen molar-refractivity contribution in [3.8, 4) is 22.8 Å². The van der Waals surface area contributed by atoms with Gasteiger partial charge in [-0.1, -0.05) is 29.3 Å². The van der Waals surface area contributed by atoms with Crippen LogP contribution in [0.3, 0.4) is 0 Å². The molecule has 0 saturated heterocycles. The predicted molar refractivity (Wildman–Crippen MR) is 75.1 cm³/mol. The molecule has 7 nitrogen and oxygen atoms in total. The fourth-order valence-corrected chi connectivity index (χ4v) is 2.01. The van der Waals surface area contributed by atoms with Crippen LogP contribution in [0.25, 0.3) is 22.8 Å². The zero-order valence-corrected chi connectivity index (χ0v) is 11.4. The molecule has 0 atom stereocenters. The molecule has 0 aliphatic rings. The van der Waals surface area contributed by atoms with Gasteiger partial charge in [-0.3, -0.25) is 0 Å². The van der Waals surface area contributed by atoms with Crippen molar-refractivity contribution in [2.45, 2.75) is 0 Å². The van der Waals surface area contributed by atoms with Crippen LogP contribution in [0.15, 0.2) is 24.5 Å². The molecule has 1 aromatic carbocycles. The molecule has 2 aromatic heterocycles. The summed E-state index contributed by atoms with van der Waals surface area (Å²) in [5, 5.41) is 14.4. The molecule has 3 aromatic rings. The molecule has 100 valence electrons. The number of rotatable bonds is 2. The maximum Gasteiger partial charge on any atom is 0.225 e. The minimum absolute atomic E-state index is 0.297. The average molecular weight is 308 g/mol. The molecule has 0 fully saturated rings. The maximum atomic E-state index is 6.07. The Morgan fingerprint density at radius 1 is 1.05 bits per heavy atom. The first kappa shape index (κ1) is 12.8. The van der Waals surface area contributed by atoms with Gasteiger partial charge < -0.3 is 5.73 Å².